The molecule has 0 aliphatic carbocycles. The van der Waals surface area contributed by atoms with Crippen molar-refractivity contribution in [3.63, 3.8) is 0 Å². The van der Waals surface area contributed by atoms with Crippen molar-refractivity contribution in [3.05, 3.63) is 66.2 Å². The maximum atomic E-state index is 12.8. The zero-order chi connectivity index (χ0) is 16.8. The fourth-order valence-electron chi connectivity index (χ4n) is 2.67. The highest BCUT2D eigenvalue weighted by atomic mass is 16.5. The van der Waals surface area contributed by atoms with E-state index < -0.39 is 11.8 Å². The van der Waals surface area contributed by atoms with E-state index in [0.29, 0.717) is 38.5 Å². The van der Waals surface area contributed by atoms with E-state index >= 15 is 0 Å². The number of nitrogens with zero attached hydrogens (tertiary/aromatic N) is 2. The fraction of sp³-hybridized carbons (Fsp3) is 0.263. The summed E-state index contributed by atoms with van der Waals surface area (Å²) in [5.41, 5.74) is 1.69. The van der Waals surface area contributed by atoms with Gasteiger partial charge in [-0.25, -0.2) is 0 Å². The quantitative estimate of drug-likeness (QED) is 0.812. The molecule has 0 saturated carbocycles. The Hall–Kier alpha value is -2.66. The van der Waals surface area contributed by atoms with Crippen molar-refractivity contribution in [1.29, 1.82) is 0 Å². The van der Waals surface area contributed by atoms with Crippen molar-refractivity contribution >= 4 is 17.5 Å². The second kappa shape index (κ2) is 7.75. The van der Waals surface area contributed by atoms with E-state index in [1.165, 1.54) is 4.90 Å². The lowest BCUT2D eigenvalue weighted by molar-refractivity contribution is -0.147. The van der Waals surface area contributed by atoms with Crippen LogP contribution in [0.25, 0.3) is 0 Å². The summed E-state index contributed by atoms with van der Waals surface area (Å²) < 4.78 is 5.25. The predicted octanol–water partition coefficient (Wildman–Crippen LogP) is 2.08. The molecule has 1 aliphatic rings. The molecule has 1 aliphatic heterocycles. The molecule has 0 aromatic heterocycles. The number of benzene rings is 2. The Kier molecular flexibility index (Phi) is 5.23. The Morgan fingerprint density at radius 2 is 1.50 bits per heavy atom. The number of ether oxygens (including phenoxy) is 1. The van der Waals surface area contributed by atoms with Crippen LogP contribution in [0.1, 0.15) is 5.56 Å². The summed E-state index contributed by atoms with van der Waals surface area (Å²) in [5, 5.41) is 0. The van der Waals surface area contributed by atoms with Gasteiger partial charge >= 0.3 is 11.8 Å². The Morgan fingerprint density at radius 1 is 0.917 bits per heavy atom. The van der Waals surface area contributed by atoms with Gasteiger partial charge in [-0.05, 0) is 17.7 Å². The normalized spacial score (nSPS) is 14.2. The van der Waals surface area contributed by atoms with Crippen LogP contribution in [0, 0.1) is 0 Å². The molecule has 24 heavy (non-hydrogen) atoms. The second-order valence-corrected chi connectivity index (χ2v) is 5.62. The lowest BCUT2D eigenvalue weighted by Crippen LogP contribution is -2.49. The number of morpholine rings is 1. The van der Waals surface area contributed by atoms with Crippen LogP contribution in [0.5, 0.6) is 0 Å². The van der Waals surface area contributed by atoms with Crippen molar-refractivity contribution in [1.82, 2.24) is 4.90 Å². The van der Waals surface area contributed by atoms with Crippen molar-refractivity contribution in [2.45, 2.75) is 6.54 Å². The van der Waals surface area contributed by atoms with Crippen LogP contribution in [0.4, 0.5) is 5.69 Å². The van der Waals surface area contributed by atoms with Crippen LogP contribution in [-0.4, -0.2) is 43.0 Å². The number of hydrogen-bond donors (Lipinski definition) is 0. The predicted molar refractivity (Wildman–Crippen MR) is 91.5 cm³/mol. The summed E-state index contributed by atoms with van der Waals surface area (Å²) in [7, 11) is 0. The highest BCUT2D eigenvalue weighted by Crippen LogP contribution is 2.18. The monoisotopic (exact) mass is 324 g/mol. The third kappa shape index (κ3) is 3.81. The van der Waals surface area contributed by atoms with E-state index in [1.54, 1.807) is 4.90 Å². The lowest BCUT2D eigenvalue weighted by atomic mass is 10.2. The van der Waals surface area contributed by atoms with Crippen LogP contribution in [0.15, 0.2) is 60.7 Å². The summed E-state index contributed by atoms with van der Waals surface area (Å²) in [5.74, 6) is -0.981. The van der Waals surface area contributed by atoms with Crippen molar-refractivity contribution in [3.8, 4) is 0 Å². The first-order chi connectivity index (χ1) is 11.8. The molecule has 2 amide bonds. The number of hydrogen-bond acceptors (Lipinski definition) is 3. The van der Waals surface area contributed by atoms with Gasteiger partial charge in [0.1, 0.15) is 0 Å². The van der Waals surface area contributed by atoms with E-state index in [-0.39, 0.29) is 0 Å². The first-order valence-corrected chi connectivity index (χ1v) is 8.03. The highest BCUT2D eigenvalue weighted by Gasteiger charge is 2.29. The standard InChI is InChI=1S/C19H20N2O3/c22-18(20-11-13-24-14-12-20)19(23)21(17-9-5-2-6-10-17)15-16-7-3-1-4-8-16/h1-10H,11-15H2. The van der Waals surface area contributed by atoms with Crippen LogP contribution in [0.3, 0.4) is 0 Å². The molecule has 0 unspecified atom stereocenters. The molecule has 0 bridgehead atoms. The van der Waals surface area contributed by atoms with Gasteiger partial charge in [-0.1, -0.05) is 48.5 Å². The molecule has 1 heterocycles. The minimum Gasteiger partial charge on any atom is -0.378 e. The molecular formula is C19H20N2O3. The van der Waals surface area contributed by atoms with E-state index in [1.807, 2.05) is 60.7 Å². The van der Waals surface area contributed by atoms with Gasteiger partial charge in [-0.3, -0.25) is 14.5 Å². The van der Waals surface area contributed by atoms with Gasteiger partial charge in [-0.2, -0.15) is 0 Å². The molecule has 5 nitrogen and oxygen atoms in total. The maximum Gasteiger partial charge on any atom is 0.316 e. The van der Waals surface area contributed by atoms with Crippen LogP contribution >= 0.6 is 0 Å². The fourth-order valence-corrected chi connectivity index (χ4v) is 2.67. The number of carbonyl (C=O) groups excluding carboxylic acids is 2. The molecule has 5 heteroatoms. The number of amides is 2. The zero-order valence-corrected chi connectivity index (χ0v) is 13.4. The Labute approximate surface area is 141 Å². The number of carbonyl (C=O) groups is 2. The largest absolute Gasteiger partial charge is 0.378 e. The van der Waals surface area contributed by atoms with Gasteiger partial charge in [0.15, 0.2) is 0 Å². The topological polar surface area (TPSA) is 49.9 Å². The minimum absolute atomic E-state index is 0.361. The Morgan fingerprint density at radius 3 is 2.12 bits per heavy atom. The zero-order valence-electron chi connectivity index (χ0n) is 13.4. The first-order valence-electron chi connectivity index (χ1n) is 8.03. The molecule has 2 aromatic carbocycles. The van der Waals surface area contributed by atoms with Gasteiger partial charge in [0.05, 0.1) is 19.8 Å². The summed E-state index contributed by atoms with van der Waals surface area (Å²) in [6.45, 7) is 2.23. The summed E-state index contributed by atoms with van der Waals surface area (Å²) >= 11 is 0. The second-order valence-electron chi connectivity index (χ2n) is 5.62. The van der Waals surface area contributed by atoms with Crippen LogP contribution in [-0.2, 0) is 20.9 Å². The molecule has 0 atom stereocenters. The Balaban J connectivity index is 1.83. The van der Waals surface area contributed by atoms with Crippen molar-refractivity contribution in [2.75, 3.05) is 31.2 Å². The van der Waals surface area contributed by atoms with Gasteiger partial charge < -0.3 is 9.64 Å². The van der Waals surface area contributed by atoms with Gasteiger partial charge in [0.2, 0.25) is 0 Å². The van der Waals surface area contributed by atoms with Gasteiger partial charge in [-0.15, -0.1) is 0 Å². The average molecular weight is 324 g/mol. The summed E-state index contributed by atoms with van der Waals surface area (Å²) in [4.78, 5) is 28.5. The number of rotatable bonds is 3. The van der Waals surface area contributed by atoms with Gasteiger partial charge in [0.25, 0.3) is 0 Å². The smallest absolute Gasteiger partial charge is 0.316 e. The lowest BCUT2D eigenvalue weighted by Gasteiger charge is -2.29. The molecule has 124 valence electrons. The molecule has 1 saturated heterocycles. The third-order valence-corrected chi connectivity index (χ3v) is 3.98. The van der Waals surface area contributed by atoms with E-state index in [2.05, 4.69) is 0 Å². The molecule has 1 fully saturated rings. The molecule has 0 radical (unpaired) electrons. The van der Waals surface area contributed by atoms with Crippen molar-refractivity contribution in [2.24, 2.45) is 0 Å². The SMILES string of the molecule is O=C(C(=O)N(Cc1ccccc1)c1ccccc1)N1CCOCC1. The molecule has 3 rings (SSSR count). The molecule has 0 N–H and O–H groups in total. The number of anilines is 1. The van der Waals surface area contributed by atoms with E-state index in [0.717, 1.165) is 5.56 Å². The average Bonchev–Trinajstić information content (AvgIpc) is 2.67. The van der Waals surface area contributed by atoms with E-state index in [4.69, 9.17) is 4.74 Å². The summed E-state index contributed by atoms with van der Waals surface area (Å²) in [6, 6.07) is 19.0. The Bertz CT molecular complexity index is 682. The third-order valence-electron chi connectivity index (χ3n) is 3.98. The van der Waals surface area contributed by atoms with Crippen LogP contribution in [0.2, 0.25) is 0 Å². The van der Waals surface area contributed by atoms with Crippen LogP contribution < -0.4 is 4.90 Å². The van der Waals surface area contributed by atoms with Crippen molar-refractivity contribution < 1.29 is 14.3 Å². The highest BCUT2D eigenvalue weighted by molar-refractivity contribution is 6.40. The minimum atomic E-state index is -0.507. The number of para-hydroxylation sites is 1. The first kappa shape index (κ1) is 16.2. The van der Waals surface area contributed by atoms with E-state index in [9.17, 15) is 9.59 Å². The molecule has 0 spiro atoms. The maximum absolute atomic E-state index is 12.8. The van der Waals surface area contributed by atoms with Gasteiger partial charge in [0, 0.05) is 18.8 Å². The molecule has 2 aromatic rings. The molecular weight excluding hydrogens is 304 g/mol. The summed E-state index contributed by atoms with van der Waals surface area (Å²) in [6.07, 6.45) is 0.